The van der Waals surface area contributed by atoms with Gasteiger partial charge in [0.15, 0.2) is 6.10 Å². The van der Waals surface area contributed by atoms with Crippen molar-refractivity contribution in [3.05, 3.63) is 0 Å². The van der Waals surface area contributed by atoms with E-state index in [0.29, 0.717) is 12.8 Å². The van der Waals surface area contributed by atoms with Crippen molar-refractivity contribution in [3.8, 4) is 11.8 Å². The van der Waals surface area contributed by atoms with Gasteiger partial charge in [0.1, 0.15) is 0 Å². The number of aliphatic hydroxyl groups excluding tert-OH is 1. The maximum Gasteiger partial charge on any atom is 0.460 e. The monoisotopic (exact) mass is 280 g/mol. The predicted octanol–water partition coefficient (Wildman–Crippen LogP) is 3.37. The number of unbranched alkanes of at least 4 members (excludes halogenated alkanes) is 2. The predicted molar refractivity (Wildman–Crippen MR) is 49.3 cm³/mol. The molecule has 1 atom stereocenters. The van der Waals surface area contributed by atoms with Gasteiger partial charge >= 0.3 is 18.0 Å². The quantitative estimate of drug-likeness (QED) is 0.475. The number of hydrogen-bond donors (Lipinski definition) is 1. The lowest BCUT2D eigenvalue weighted by molar-refractivity contribution is -0.366. The Labute approximate surface area is 99.0 Å². The van der Waals surface area contributed by atoms with Crippen molar-refractivity contribution in [1.82, 2.24) is 0 Å². The van der Waals surface area contributed by atoms with Gasteiger partial charge in [-0.25, -0.2) is 0 Å². The molecule has 0 spiro atoms. The van der Waals surface area contributed by atoms with Crippen molar-refractivity contribution in [2.24, 2.45) is 0 Å². The summed E-state index contributed by atoms with van der Waals surface area (Å²) in [5.41, 5.74) is 0. The zero-order valence-corrected chi connectivity index (χ0v) is 9.29. The molecule has 0 amide bonds. The number of halogens is 7. The summed E-state index contributed by atoms with van der Waals surface area (Å²) in [6, 6.07) is 0. The Morgan fingerprint density at radius 3 is 1.94 bits per heavy atom. The van der Waals surface area contributed by atoms with E-state index in [1.54, 1.807) is 6.92 Å². The summed E-state index contributed by atoms with van der Waals surface area (Å²) < 4.78 is 85.6. The van der Waals surface area contributed by atoms with Gasteiger partial charge in [-0.1, -0.05) is 19.3 Å². The fourth-order valence-corrected chi connectivity index (χ4v) is 0.885. The second-order valence-corrected chi connectivity index (χ2v) is 3.52. The third-order valence-electron chi connectivity index (χ3n) is 2.01. The van der Waals surface area contributed by atoms with E-state index in [1.807, 2.05) is 5.92 Å². The van der Waals surface area contributed by atoms with Gasteiger partial charge in [0.25, 0.3) is 0 Å². The van der Waals surface area contributed by atoms with Crippen LogP contribution in [-0.2, 0) is 0 Å². The van der Waals surface area contributed by atoms with Crippen LogP contribution in [0, 0.1) is 11.8 Å². The second-order valence-electron chi connectivity index (χ2n) is 3.52. The summed E-state index contributed by atoms with van der Waals surface area (Å²) in [6.07, 6.45) is -8.70. The summed E-state index contributed by atoms with van der Waals surface area (Å²) in [6.45, 7) is 1.74. The highest BCUT2D eigenvalue weighted by Crippen LogP contribution is 2.47. The zero-order chi connectivity index (χ0) is 14.6. The summed E-state index contributed by atoms with van der Waals surface area (Å²) >= 11 is 0. The van der Waals surface area contributed by atoms with Crippen LogP contribution < -0.4 is 0 Å². The average Bonchev–Trinajstić information content (AvgIpc) is 2.22. The van der Waals surface area contributed by atoms with Crippen LogP contribution >= 0.6 is 0 Å². The van der Waals surface area contributed by atoms with Gasteiger partial charge in [-0.3, -0.25) is 0 Å². The first kappa shape index (κ1) is 17.0. The topological polar surface area (TPSA) is 20.2 Å². The zero-order valence-electron chi connectivity index (χ0n) is 9.29. The molecule has 0 aliphatic carbocycles. The normalized spacial score (nSPS) is 14.9. The third kappa shape index (κ3) is 3.51. The van der Waals surface area contributed by atoms with Crippen LogP contribution in [0.15, 0.2) is 0 Å². The van der Waals surface area contributed by atoms with Gasteiger partial charge in [0, 0.05) is 6.42 Å². The molecule has 0 saturated heterocycles. The lowest BCUT2D eigenvalue weighted by atomic mass is 10.1. The Morgan fingerprint density at radius 2 is 1.56 bits per heavy atom. The average molecular weight is 280 g/mol. The van der Waals surface area contributed by atoms with Gasteiger partial charge in [-0.2, -0.15) is 30.7 Å². The Balaban J connectivity index is 4.95. The summed E-state index contributed by atoms with van der Waals surface area (Å²) in [5, 5.41) is 8.67. The third-order valence-corrected chi connectivity index (χ3v) is 2.01. The Hall–Kier alpha value is -0.970. The molecule has 8 heteroatoms. The van der Waals surface area contributed by atoms with Crippen LogP contribution in [0.1, 0.15) is 26.2 Å². The van der Waals surface area contributed by atoms with E-state index in [4.69, 9.17) is 5.11 Å². The molecule has 106 valence electrons. The fourth-order valence-electron chi connectivity index (χ4n) is 0.885. The first-order valence-electron chi connectivity index (χ1n) is 4.97. The van der Waals surface area contributed by atoms with Crippen LogP contribution in [0.4, 0.5) is 30.7 Å². The minimum Gasteiger partial charge on any atom is -0.374 e. The number of rotatable bonds is 4. The van der Waals surface area contributed by atoms with E-state index in [-0.39, 0.29) is 6.42 Å². The van der Waals surface area contributed by atoms with Crippen LogP contribution in [-0.4, -0.2) is 29.2 Å². The molecule has 0 aliphatic rings. The van der Waals surface area contributed by atoms with Crippen LogP contribution in [0.3, 0.4) is 0 Å². The number of hydrogen-bond acceptors (Lipinski definition) is 1. The molecule has 0 heterocycles. The molecular formula is C10H11F7O. The minimum absolute atomic E-state index is 0.0290. The molecule has 0 fully saturated rings. The molecule has 0 aromatic heterocycles. The van der Waals surface area contributed by atoms with E-state index in [0.717, 1.165) is 0 Å². The minimum atomic E-state index is -6.46. The van der Waals surface area contributed by atoms with E-state index >= 15 is 0 Å². The highest BCUT2D eigenvalue weighted by molar-refractivity contribution is 5.13. The van der Waals surface area contributed by atoms with E-state index in [2.05, 4.69) is 0 Å². The lowest BCUT2D eigenvalue weighted by Gasteiger charge is -2.29. The fraction of sp³-hybridized carbons (Fsp3) is 0.800. The highest BCUT2D eigenvalue weighted by Gasteiger charge is 2.75. The number of alkyl halides is 7. The van der Waals surface area contributed by atoms with E-state index < -0.39 is 24.1 Å². The molecule has 18 heavy (non-hydrogen) atoms. The Kier molecular flexibility index (Phi) is 5.47. The van der Waals surface area contributed by atoms with Gasteiger partial charge in [-0.05, 0) is 6.42 Å². The molecule has 0 unspecified atom stereocenters. The van der Waals surface area contributed by atoms with Crippen LogP contribution in [0.25, 0.3) is 0 Å². The largest absolute Gasteiger partial charge is 0.460 e. The van der Waals surface area contributed by atoms with Gasteiger partial charge < -0.3 is 5.11 Å². The van der Waals surface area contributed by atoms with Gasteiger partial charge in [0.2, 0.25) is 0 Å². The molecule has 0 radical (unpaired) electrons. The molecule has 0 rings (SSSR count). The molecule has 0 bridgehead atoms. The van der Waals surface area contributed by atoms with Crippen molar-refractivity contribution >= 4 is 0 Å². The first-order valence-corrected chi connectivity index (χ1v) is 4.97. The van der Waals surface area contributed by atoms with E-state index in [1.165, 1.54) is 5.92 Å². The first-order chi connectivity index (χ1) is 7.98. The Morgan fingerprint density at radius 1 is 1.06 bits per heavy atom. The van der Waals surface area contributed by atoms with Crippen molar-refractivity contribution in [2.75, 3.05) is 0 Å². The maximum absolute atomic E-state index is 12.8. The van der Waals surface area contributed by atoms with Crippen molar-refractivity contribution in [2.45, 2.75) is 50.3 Å². The lowest BCUT2D eigenvalue weighted by Crippen LogP contribution is -2.57. The smallest absolute Gasteiger partial charge is 0.374 e. The van der Waals surface area contributed by atoms with Crippen molar-refractivity contribution < 1.29 is 35.8 Å². The number of aliphatic hydroxyl groups is 1. The summed E-state index contributed by atoms with van der Waals surface area (Å²) in [5.74, 6) is -8.78. The second kappa shape index (κ2) is 5.78. The molecule has 1 nitrogen and oxygen atoms in total. The SMILES string of the molecule is CCCCC#C[C@H](O)C(F)(F)C(F)(F)C(F)(F)F. The molecule has 0 aliphatic heterocycles. The van der Waals surface area contributed by atoms with Crippen molar-refractivity contribution in [3.63, 3.8) is 0 Å². The molecule has 1 N–H and O–H groups in total. The summed E-state index contributed by atoms with van der Waals surface area (Å²) in [4.78, 5) is 0. The van der Waals surface area contributed by atoms with Crippen LogP contribution in [0.5, 0.6) is 0 Å². The summed E-state index contributed by atoms with van der Waals surface area (Å²) in [7, 11) is 0. The maximum atomic E-state index is 12.8. The van der Waals surface area contributed by atoms with Crippen LogP contribution in [0.2, 0.25) is 0 Å². The molecule has 0 aromatic carbocycles. The molecule has 0 saturated carbocycles. The highest BCUT2D eigenvalue weighted by atomic mass is 19.4. The van der Waals surface area contributed by atoms with Gasteiger partial charge in [-0.15, -0.1) is 5.92 Å². The molecular weight excluding hydrogens is 269 g/mol. The van der Waals surface area contributed by atoms with Gasteiger partial charge in [0.05, 0.1) is 0 Å². The standard InChI is InChI=1S/C10H11F7O/c1-2-3-4-5-6-7(18)8(11,12)9(13,14)10(15,16)17/h7,18H,2-4H2,1H3/t7-/m0/s1. The molecule has 0 aromatic rings. The Bertz CT molecular complexity index is 323. The van der Waals surface area contributed by atoms with E-state index in [9.17, 15) is 30.7 Å². The van der Waals surface area contributed by atoms with Crippen molar-refractivity contribution in [1.29, 1.82) is 0 Å².